The number of nitrogens with one attached hydrogen (secondary N) is 1. The summed E-state index contributed by atoms with van der Waals surface area (Å²) in [6.45, 7) is 2.69. The molecule has 0 saturated heterocycles. The normalized spacial score (nSPS) is 20.8. The van der Waals surface area contributed by atoms with Crippen molar-refractivity contribution in [2.75, 3.05) is 6.54 Å². The van der Waals surface area contributed by atoms with E-state index in [0.717, 1.165) is 12.3 Å². The number of nitrogens with zero attached hydrogens (tertiary/aromatic N) is 1. The first-order chi connectivity index (χ1) is 8.70. The maximum absolute atomic E-state index is 11.0. The number of aromatic amines is 1. The molecule has 1 fully saturated rings. The van der Waals surface area contributed by atoms with Gasteiger partial charge >= 0.3 is 5.76 Å². The third-order valence-electron chi connectivity index (χ3n) is 4.18. The number of H-pyrrole nitrogens is 1. The van der Waals surface area contributed by atoms with E-state index >= 15 is 0 Å². The Morgan fingerprint density at radius 3 is 2.72 bits per heavy atom. The molecular formula is C13H23N3O2. The van der Waals surface area contributed by atoms with Crippen LogP contribution in [-0.2, 0) is 0 Å². The Bertz CT molecular complexity index is 406. The minimum atomic E-state index is -0.492. The molecule has 1 heterocycles. The van der Waals surface area contributed by atoms with Gasteiger partial charge in [0.15, 0.2) is 5.82 Å². The lowest BCUT2D eigenvalue weighted by atomic mass is 9.79. The van der Waals surface area contributed by atoms with E-state index in [-0.39, 0.29) is 5.92 Å². The Morgan fingerprint density at radius 2 is 2.17 bits per heavy atom. The maximum Gasteiger partial charge on any atom is 0.438 e. The third kappa shape index (κ3) is 3.22. The van der Waals surface area contributed by atoms with Crippen LogP contribution in [-0.4, -0.2) is 16.7 Å². The van der Waals surface area contributed by atoms with Crippen LogP contribution in [0.4, 0.5) is 0 Å². The van der Waals surface area contributed by atoms with Gasteiger partial charge in [0.2, 0.25) is 0 Å². The lowest BCUT2D eigenvalue weighted by Gasteiger charge is -2.27. The van der Waals surface area contributed by atoms with Gasteiger partial charge in [-0.05, 0) is 18.3 Å². The monoisotopic (exact) mass is 253 g/mol. The highest BCUT2D eigenvalue weighted by Crippen LogP contribution is 2.33. The first kappa shape index (κ1) is 13.3. The zero-order valence-electron chi connectivity index (χ0n) is 11.0. The van der Waals surface area contributed by atoms with Crippen LogP contribution in [0.5, 0.6) is 0 Å². The van der Waals surface area contributed by atoms with E-state index in [1.165, 1.54) is 32.1 Å². The molecule has 3 N–H and O–H groups in total. The highest BCUT2D eigenvalue weighted by Gasteiger charge is 2.25. The maximum atomic E-state index is 11.0. The van der Waals surface area contributed by atoms with Crippen molar-refractivity contribution in [3.8, 4) is 0 Å². The van der Waals surface area contributed by atoms with Crippen molar-refractivity contribution in [1.82, 2.24) is 10.1 Å². The quantitative estimate of drug-likeness (QED) is 0.840. The average Bonchev–Trinajstić information content (AvgIpc) is 2.78. The summed E-state index contributed by atoms with van der Waals surface area (Å²) in [6.07, 6.45) is 7.91. The molecule has 0 spiro atoms. The molecule has 5 heteroatoms. The van der Waals surface area contributed by atoms with Gasteiger partial charge in [-0.3, -0.25) is 9.51 Å². The van der Waals surface area contributed by atoms with Crippen molar-refractivity contribution in [2.24, 2.45) is 17.6 Å². The summed E-state index contributed by atoms with van der Waals surface area (Å²) in [7, 11) is 0. The smallest absolute Gasteiger partial charge is 0.330 e. The van der Waals surface area contributed by atoms with Crippen molar-refractivity contribution >= 4 is 0 Å². The second kappa shape index (κ2) is 6.18. The topological polar surface area (TPSA) is 84.9 Å². The van der Waals surface area contributed by atoms with Crippen molar-refractivity contribution < 1.29 is 4.52 Å². The van der Waals surface area contributed by atoms with Gasteiger partial charge in [0.25, 0.3) is 0 Å². The highest BCUT2D eigenvalue weighted by atomic mass is 16.5. The van der Waals surface area contributed by atoms with Crippen molar-refractivity contribution in [3.63, 3.8) is 0 Å². The van der Waals surface area contributed by atoms with Gasteiger partial charge in [0.1, 0.15) is 0 Å². The number of hydrogen-bond acceptors (Lipinski definition) is 4. The van der Waals surface area contributed by atoms with Crippen molar-refractivity contribution in [2.45, 2.75) is 51.4 Å². The van der Waals surface area contributed by atoms with E-state index in [1.54, 1.807) is 0 Å². The van der Waals surface area contributed by atoms with Gasteiger partial charge in [0.05, 0.1) is 0 Å². The molecule has 1 aromatic rings. The van der Waals surface area contributed by atoms with E-state index in [1.807, 2.05) is 0 Å². The highest BCUT2D eigenvalue weighted by molar-refractivity contribution is 4.96. The van der Waals surface area contributed by atoms with Gasteiger partial charge < -0.3 is 5.73 Å². The Labute approximate surface area is 107 Å². The van der Waals surface area contributed by atoms with Gasteiger partial charge in [-0.1, -0.05) is 44.2 Å². The Hall–Kier alpha value is -1.10. The van der Waals surface area contributed by atoms with Crippen LogP contribution in [0.2, 0.25) is 0 Å². The van der Waals surface area contributed by atoms with Crippen LogP contribution in [0.25, 0.3) is 0 Å². The molecule has 0 bridgehead atoms. The zero-order chi connectivity index (χ0) is 13.0. The van der Waals surface area contributed by atoms with Crippen LogP contribution in [0.1, 0.15) is 57.2 Å². The average molecular weight is 253 g/mol. The molecule has 2 unspecified atom stereocenters. The molecule has 1 aliphatic rings. The van der Waals surface area contributed by atoms with Crippen LogP contribution in [0, 0.1) is 11.8 Å². The second-order valence-corrected chi connectivity index (χ2v) is 5.54. The van der Waals surface area contributed by atoms with E-state index in [4.69, 9.17) is 5.73 Å². The fourth-order valence-electron chi connectivity index (χ4n) is 3.13. The first-order valence-corrected chi connectivity index (χ1v) is 6.96. The van der Waals surface area contributed by atoms with Crippen molar-refractivity contribution in [3.05, 3.63) is 16.4 Å². The SMILES string of the molecule is CC(CC1CCCCC1)C(CN)c1noc(=O)[nH]1. The van der Waals surface area contributed by atoms with Crippen LogP contribution < -0.4 is 11.5 Å². The van der Waals surface area contributed by atoms with E-state index < -0.39 is 5.76 Å². The summed E-state index contributed by atoms with van der Waals surface area (Å²) in [5.41, 5.74) is 5.82. The summed E-state index contributed by atoms with van der Waals surface area (Å²) in [6, 6.07) is 0. The summed E-state index contributed by atoms with van der Waals surface area (Å²) in [4.78, 5) is 13.6. The number of hydrogen-bond donors (Lipinski definition) is 2. The standard InChI is InChI=1S/C13H23N3O2/c1-9(7-10-5-3-2-4-6-10)11(8-14)12-15-13(17)18-16-12/h9-11H,2-8,14H2,1H3,(H,15,16,17). The van der Waals surface area contributed by atoms with Crippen LogP contribution in [0.15, 0.2) is 9.32 Å². The molecule has 0 aromatic carbocycles. The molecule has 18 heavy (non-hydrogen) atoms. The van der Waals surface area contributed by atoms with Gasteiger partial charge in [0, 0.05) is 12.5 Å². The van der Waals surface area contributed by atoms with Crippen LogP contribution >= 0.6 is 0 Å². The van der Waals surface area contributed by atoms with E-state index in [0.29, 0.717) is 18.3 Å². The minimum Gasteiger partial charge on any atom is -0.330 e. The van der Waals surface area contributed by atoms with Crippen molar-refractivity contribution in [1.29, 1.82) is 0 Å². The number of nitrogens with two attached hydrogens (primary N) is 1. The Balaban J connectivity index is 1.96. The molecule has 1 aromatic heterocycles. The minimum absolute atomic E-state index is 0.0957. The molecule has 2 rings (SSSR count). The molecule has 0 amide bonds. The molecule has 2 atom stereocenters. The van der Waals surface area contributed by atoms with E-state index in [2.05, 4.69) is 21.6 Å². The molecular weight excluding hydrogens is 230 g/mol. The summed E-state index contributed by atoms with van der Waals surface area (Å²) < 4.78 is 4.57. The molecule has 1 saturated carbocycles. The lowest BCUT2D eigenvalue weighted by Crippen LogP contribution is -2.24. The van der Waals surface area contributed by atoms with Gasteiger partial charge in [-0.2, -0.15) is 0 Å². The lowest BCUT2D eigenvalue weighted by molar-refractivity contribution is 0.269. The molecule has 0 aliphatic heterocycles. The third-order valence-corrected chi connectivity index (χ3v) is 4.18. The summed E-state index contributed by atoms with van der Waals surface area (Å²) in [5.74, 6) is 1.44. The Kier molecular flexibility index (Phi) is 4.58. The summed E-state index contributed by atoms with van der Waals surface area (Å²) >= 11 is 0. The first-order valence-electron chi connectivity index (χ1n) is 6.96. The fraction of sp³-hybridized carbons (Fsp3) is 0.846. The zero-order valence-corrected chi connectivity index (χ0v) is 11.0. The van der Waals surface area contributed by atoms with Crippen LogP contribution in [0.3, 0.4) is 0 Å². The fourth-order valence-corrected chi connectivity index (χ4v) is 3.13. The van der Waals surface area contributed by atoms with E-state index in [9.17, 15) is 4.79 Å². The Morgan fingerprint density at radius 1 is 1.44 bits per heavy atom. The number of rotatable bonds is 5. The summed E-state index contributed by atoms with van der Waals surface area (Å²) in [5, 5.41) is 3.78. The predicted octanol–water partition coefficient (Wildman–Crippen LogP) is 2.01. The molecule has 102 valence electrons. The predicted molar refractivity (Wildman–Crippen MR) is 69.3 cm³/mol. The van der Waals surface area contributed by atoms with Gasteiger partial charge in [-0.25, -0.2) is 4.79 Å². The molecule has 1 aliphatic carbocycles. The largest absolute Gasteiger partial charge is 0.438 e. The molecule has 5 nitrogen and oxygen atoms in total. The molecule has 0 radical (unpaired) electrons. The van der Waals surface area contributed by atoms with Gasteiger partial charge in [-0.15, -0.1) is 0 Å². The number of aromatic nitrogens is 2. The second-order valence-electron chi connectivity index (χ2n) is 5.54.